The number of nitrogens with zero attached hydrogens (tertiary/aromatic N) is 1. The fourth-order valence-corrected chi connectivity index (χ4v) is 3.59. The molecular formula is C20H28IN3O3S. The minimum Gasteiger partial charge on any atom is -0.494 e. The van der Waals surface area contributed by atoms with Gasteiger partial charge in [0.2, 0.25) is 0 Å². The molecule has 2 N–H and O–H groups in total. The van der Waals surface area contributed by atoms with Crippen molar-refractivity contribution < 1.29 is 13.2 Å². The molecule has 0 aliphatic heterocycles. The van der Waals surface area contributed by atoms with Crippen molar-refractivity contribution in [3.8, 4) is 5.75 Å². The second-order valence-corrected chi connectivity index (χ2v) is 8.22. The Hall–Kier alpha value is -1.81. The first-order valence-electron chi connectivity index (χ1n) is 8.82. The molecule has 0 aliphatic carbocycles. The molecule has 0 saturated carbocycles. The maximum atomic E-state index is 11.7. The van der Waals surface area contributed by atoms with Crippen LogP contribution in [0, 0.1) is 6.92 Å². The summed E-state index contributed by atoms with van der Waals surface area (Å²) in [4.78, 5) is 4.56. The van der Waals surface area contributed by atoms with Gasteiger partial charge in [0, 0.05) is 26.4 Å². The molecule has 0 fully saturated rings. The van der Waals surface area contributed by atoms with Crippen molar-refractivity contribution in [3.05, 3.63) is 59.7 Å². The highest BCUT2D eigenvalue weighted by Crippen LogP contribution is 2.16. The number of para-hydroxylation sites is 1. The van der Waals surface area contributed by atoms with E-state index < -0.39 is 9.84 Å². The number of rotatable bonds is 8. The molecule has 6 nitrogen and oxygen atoms in total. The summed E-state index contributed by atoms with van der Waals surface area (Å²) in [6.45, 7) is 3.73. The third-order valence-corrected chi connectivity index (χ3v) is 5.20. The molecule has 8 heteroatoms. The van der Waals surface area contributed by atoms with E-state index in [-0.39, 0.29) is 24.0 Å². The van der Waals surface area contributed by atoms with Crippen LogP contribution in [0.5, 0.6) is 5.75 Å². The zero-order valence-corrected chi connectivity index (χ0v) is 19.6. The number of benzene rings is 2. The highest BCUT2D eigenvalue weighted by molar-refractivity contribution is 14.0. The number of hydrogen-bond donors (Lipinski definition) is 2. The molecule has 28 heavy (non-hydrogen) atoms. The third kappa shape index (κ3) is 8.05. The van der Waals surface area contributed by atoms with Gasteiger partial charge in [0.25, 0.3) is 0 Å². The van der Waals surface area contributed by atoms with E-state index in [0.717, 1.165) is 29.8 Å². The lowest BCUT2D eigenvalue weighted by molar-refractivity contribution is 0.311. The van der Waals surface area contributed by atoms with Crippen molar-refractivity contribution in [1.29, 1.82) is 0 Å². The standard InChI is InChI=1S/C20H27N3O3S.HI/c1-16-14-17(10-11-19(16)27(3,24)25)15-23-20(21-2)22-12-7-13-26-18-8-5-4-6-9-18;/h4-6,8-11,14H,7,12-13,15H2,1-3H3,(H2,21,22,23);1H. The summed E-state index contributed by atoms with van der Waals surface area (Å²) in [5.41, 5.74) is 1.74. The number of hydrogen-bond acceptors (Lipinski definition) is 4. The lowest BCUT2D eigenvalue weighted by atomic mass is 10.1. The lowest BCUT2D eigenvalue weighted by Crippen LogP contribution is -2.37. The predicted octanol–water partition coefficient (Wildman–Crippen LogP) is 3.15. The number of ether oxygens (including phenoxy) is 1. The molecule has 0 spiro atoms. The van der Waals surface area contributed by atoms with E-state index in [9.17, 15) is 8.42 Å². The topological polar surface area (TPSA) is 79.8 Å². The highest BCUT2D eigenvalue weighted by Gasteiger charge is 2.10. The Balaban J connectivity index is 0.00000392. The van der Waals surface area contributed by atoms with Gasteiger partial charge >= 0.3 is 0 Å². The van der Waals surface area contributed by atoms with Gasteiger partial charge in [0.15, 0.2) is 15.8 Å². The Bertz CT molecular complexity index is 872. The lowest BCUT2D eigenvalue weighted by Gasteiger charge is -2.13. The molecule has 0 bridgehead atoms. The monoisotopic (exact) mass is 517 g/mol. The Kier molecular flexibility index (Phi) is 10.3. The summed E-state index contributed by atoms with van der Waals surface area (Å²) in [5, 5.41) is 6.47. The normalized spacial score (nSPS) is 11.5. The number of sulfone groups is 1. The van der Waals surface area contributed by atoms with Crippen LogP contribution in [0.2, 0.25) is 0 Å². The van der Waals surface area contributed by atoms with Gasteiger partial charge < -0.3 is 15.4 Å². The van der Waals surface area contributed by atoms with Gasteiger partial charge in [-0.15, -0.1) is 24.0 Å². The molecule has 0 aromatic heterocycles. The second kappa shape index (κ2) is 11.9. The quantitative estimate of drug-likeness (QED) is 0.244. The summed E-state index contributed by atoms with van der Waals surface area (Å²) >= 11 is 0. The van der Waals surface area contributed by atoms with E-state index in [2.05, 4.69) is 15.6 Å². The summed E-state index contributed by atoms with van der Waals surface area (Å²) in [5.74, 6) is 1.56. The largest absolute Gasteiger partial charge is 0.494 e. The van der Waals surface area contributed by atoms with Crippen molar-refractivity contribution in [3.63, 3.8) is 0 Å². The molecule has 0 radical (unpaired) electrons. The van der Waals surface area contributed by atoms with Crippen molar-refractivity contribution in [2.24, 2.45) is 4.99 Å². The van der Waals surface area contributed by atoms with Crippen LogP contribution < -0.4 is 15.4 Å². The van der Waals surface area contributed by atoms with Crippen LogP contribution in [0.25, 0.3) is 0 Å². The Labute approximate surface area is 184 Å². The number of aliphatic imine (C=N–C) groups is 1. The molecule has 0 aliphatic rings. The summed E-state index contributed by atoms with van der Waals surface area (Å²) in [6.07, 6.45) is 2.07. The fraction of sp³-hybridized carbons (Fsp3) is 0.350. The Morgan fingerprint density at radius 1 is 1.11 bits per heavy atom. The van der Waals surface area contributed by atoms with Gasteiger partial charge in [-0.2, -0.15) is 0 Å². The number of aryl methyl sites for hydroxylation is 1. The summed E-state index contributed by atoms with van der Waals surface area (Å²) in [6, 6.07) is 15.1. The predicted molar refractivity (Wildman–Crippen MR) is 124 cm³/mol. The van der Waals surface area contributed by atoms with Gasteiger partial charge in [-0.25, -0.2) is 8.42 Å². The van der Waals surface area contributed by atoms with E-state index in [1.807, 2.05) is 42.5 Å². The van der Waals surface area contributed by atoms with E-state index in [4.69, 9.17) is 4.74 Å². The van der Waals surface area contributed by atoms with Crippen molar-refractivity contribution in [2.45, 2.75) is 24.8 Å². The summed E-state index contributed by atoms with van der Waals surface area (Å²) < 4.78 is 29.0. The first kappa shape index (κ1) is 24.2. The Morgan fingerprint density at radius 3 is 2.43 bits per heavy atom. The molecule has 2 rings (SSSR count). The first-order valence-corrected chi connectivity index (χ1v) is 10.7. The molecule has 0 saturated heterocycles. The fourth-order valence-electron chi connectivity index (χ4n) is 2.63. The molecule has 2 aromatic carbocycles. The van der Waals surface area contributed by atoms with Gasteiger partial charge in [-0.3, -0.25) is 4.99 Å². The van der Waals surface area contributed by atoms with Crippen molar-refractivity contribution >= 4 is 39.8 Å². The number of guanidine groups is 1. The van der Waals surface area contributed by atoms with Crippen molar-refractivity contribution in [1.82, 2.24) is 10.6 Å². The smallest absolute Gasteiger partial charge is 0.191 e. The minimum atomic E-state index is -3.19. The van der Waals surface area contributed by atoms with Gasteiger partial charge in [0.05, 0.1) is 11.5 Å². The van der Waals surface area contributed by atoms with Crippen LogP contribution in [0.3, 0.4) is 0 Å². The van der Waals surface area contributed by atoms with Gasteiger partial charge in [0.1, 0.15) is 5.75 Å². The molecule has 0 amide bonds. The average molecular weight is 517 g/mol. The minimum absolute atomic E-state index is 0. The zero-order valence-electron chi connectivity index (χ0n) is 16.4. The molecule has 154 valence electrons. The van der Waals surface area contributed by atoms with Crippen LogP contribution >= 0.6 is 24.0 Å². The Morgan fingerprint density at radius 2 is 1.82 bits per heavy atom. The highest BCUT2D eigenvalue weighted by atomic mass is 127. The third-order valence-electron chi connectivity index (χ3n) is 3.95. The average Bonchev–Trinajstić information content (AvgIpc) is 2.64. The van der Waals surface area contributed by atoms with Crippen LogP contribution in [0.4, 0.5) is 0 Å². The second-order valence-electron chi connectivity index (χ2n) is 6.24. The molecule has 0 heterocycles. The summed E-state index contributed by atoms with van der Waals surface area (Å²) in [7, 11) is -1.48. The van der Waals surface area contributed by atoms with Crippen LogP contribution in [-0.4, -0.2) is 40.8 Å². The molecule has 0 unspecified atom stereocenters. The van der Waals surface area contributed by atoms with E-state index >= 15 is 0 Å². The van der Waals surface area contributed by atoms with Crippen LogP contribution in [0.15, 0.2) is 58.4 Å². The van der Waals surface area contributed by atoms with E-state index in [1.165, 1.54) is 6.26 Å². The SMILES string of the molecule is CN=C(NCCCOc1ccccc1)NCc1ccc(S(C)(=O)=O)c(C)c1.I. The van der Waals surface area contributed by atoms with Crippen LogP contribution in [-0.2, 0) is 16.4 Å². The molecule has 0 atom stereocenters. The maximum Gasteiger partial charge on any atom is 0.191 e. The number of halogens is 1. The van der Waals surface area contributed by atoms with Crippen molar-refractivity contribution in [2.75, 3.05) is 26.5 Å². The van der Waals surface area contributed by atoms with E-state index in [1.54, 1.807) is 20.0 Å². The van der Waals surface area contributed by atoms with Gasteiger partial charge in [-0.1, -0.05) is 30.3 Å². The zero-order chi connectivity index (χ0) is 19.7. The molecule has 2 aromatic rings. The van der Waals surface area contributed by atoms with Gasteiger partial charge in [-0.05, 0) is 42.7 Å². The van der Waals surface area contributed by atoms with Crippen LogP contribution in [0.1, 0.15) is 17.5 Å². The molecular weight excluding hydrogens is 489 g/mol. The maximum absolute atomic E-state index is 11.7. The first-order chi connectivity index (χ1) is 12.9. The number of nitrogens with one attached hydrogen (secondary N) is 2. The van der Waals surface area contributed by atoms with E-state index in [0.29, 0.717) is 24.0 Å².